The fraction of sp³-hybridized carbons (Fsp3) is 0.240. The van der Waals surface area contributed by atoms with E-state index >= 15 is 0 Å². The number of aliphatic hydroxyl groups is 1. The van der Waals surface area contributed by atoms with Gasteiger partial charge in [-0.2, -0.15) is 0 Å². The number of phenols is 2. The van der Waals surface area contributed by atoms with Crippen LogP contribution >= 0.6 is 32.0 Å². The van der Waals surface area contributed by atoms with E-state index in [1.54, 1.807) is 24.3 Å². The van der Waals surface area contributed by atoms with Crippen molar-refractivity contribution in [2.24, 2.45) is 5.92 Å². The molecule has 0 saturated carbocycles. The van der Waals surface area contributed by atoms with Gasteiger partial charge in [0.05, 0.1) is 0 Å². The number of benzene rings is 3. The fourth-order valence-electron chi connectivity index (χ4n) is 4.12. The van der Waals surface area contributed by atoms with Crippen LogP contribution in [0.3, 0.4) is 0 Å². The summed E-state index contributed by atoms with van der Waals surface area (Å²) in [4.78, 5) is 0. The molecule has 0 radical (unpaired) electrons. The second kappa shape index (κ2) is 9.63. The molecule has 1 aliphatic heterocycles. The quantitative estimate of drug-likeness (QED) is 0.142. The van der Waals surface area contributed by atoms with Crippen LogP contribution in [0.1, 0.15) is 40.4 Å². The van der Waals surface area contributed by atoms with Crippen LogP contribution in [0, 0.1) is 15.3 Å². The van der Waals surface area contributed by atoms with Crippen molar-refractivity contribution in [3.63, 3.8) is 0 Å². The Labute approximate surface area is 194 Å². The first-order chi connectivity index (χ1) is 14.9. The molecule has 0 aromatic heterocycles. The summed E-state index contributed by atoms with van der Waals surface area (Å²) in [5.74, 6) is 0.00283. The average molecular weight is 550 g/mol. The molecule has 4 rings (SSSR count). The summed E-state index contributed by atoms with van der Waals surface area (Å²) >= 11 is 3.88. The summed E-state index contributed by atoms with van der Waals surface area (Å²) in [5.41, 5.74) is 1.53. The second-order valence-electron chi connectivity index (χ2n) is 7.72. The Morgan fingerprint density at radius 2 is 1.71 bits per heavy atom. The van der Waals surface area contributed by atoms with E-state index in [0.29, 0.717) is 12.0 Å². The molecule has 1 heterocycles. The van der Waals surface area contributed by atoms with E-state index in [1.807, 2.05) is 18.2 Å². The van der Waals surface area contributed by atoms with E-state index in [2.05, 4.69) is 12.1 Å². The normalized spacial score (nSPS) is 20.7. The number of aromatic hydroxyl groups is 2. The zero-order valence-electron chi connectivity index (χ0n) is 16.8. The number of hydrogen-bond donors (Lipinski definition) is 3. The third-order valence-corrected chi connectivity index (χ3v) is 13.8. The summed E-state index contributed by atoms with van der Waals surface area (Å²) in [7, 11) is 0. The number of phenolic OH excluding ortho intramolecular Hbond substituents is 2. The van der Waals surface area contributed by atoms with Crippen LogP contribution in [0.2, 0.25) is 0 Å². The van der Waals surface area contributed by atoms with Crippen molar-refractivity contribution in [1.29, 1.82) is 0 Å². The van der Waals surface area contributed by atoms with E-state index in [9.17, 15) is 19.7 Å². The van der Waals surface area contributed by atoms with E-state index < -0.39 is 25.9 Å². The van der Waals surface area contributed by atoms with Gasteiger partial charge in [-0.1, -0.05) is 0 Å². The van der Waals surface area contributed by atoms with Crippen LogP contribution in [-0.2, 0) is 0 Å². The maximum absolute atomic E-state index is 13.2. The molecule has 0 spiro atoms. The van der Waals surface area contributed by atoms with Gasteiger partial charge in [0, 0.05) is 0 Å². The minimum atomic E-state index is -1.98. The average Bonchev–Trinajstić information content (AvgIpc) is 3.09. The van der Waals surface area contributed by atoms with E-state index in [1.165, 1.54) is 21.8 Å². The second-order valence-corrected chi connectivity index (χ2v) is 14.6. The molecule has 3 nitrogen and oxygen atoms in total. The SMILES string of the molecule is Oc1ccc([C@@H]2[C@H](CCC(O)c3ccc(F)cc3)CC(=S)I2c2ccccc2)c(O)c1. The number of alkyl halides is 1. The molecule has 1 fully saturated rings. The van der Waals surface area contributed by atoms with Gasteiger partial charge in [-0.25, -0.2) is 0 Å². The number of hydrogen-bond acceptors (Lipinski definition) is 4. The van der Waals surface area contributed by atoms with Crippen LogP contribution in [0.5, 0.6) is 11.5 Å². The van der Waals surface area contributed by atoms with Crippen molar-refractivity contribution in [1.82, 2.24) is 0 Å². The van der Waals surface area contributed by atoms with Crippen LogP contribution in [0.25, 0.3) is 0 Å². The van der Waals surface area contributed by atoms with Crippen molar-refractivity contribution >= 4 is 34.9 Å². The molecular weight excluding hydrogens is 526 g/mol. The molecule has 6 heteroatoms. The molecule has 0 bridgehead atoms. The Kier molecular flexibility index (Phi) is 6.89. The Morgan fingerprint density at radius 1 is 1.00 bits per heavy atom. The fourth-order valence-corrected chi connectivity index (χ4v) is 12.9. The zero-order valence-corrected chi connectivity index (χ0v) is 19.8. The van der Waals surface area contributed by atoms with Crippen molar-refractivity contribution in [3.05, 3.63) is 93.3 Å². The summed E-state index contributed by atoms with van der Waals surface area (Å²) in [6.45, 7) is 0. The Balaban J connectivity index is 1.62. The van der Waals surface area contributed by atoms with Gasteiger partial charge in [-0.05, 0) is 0 Å². The van der Waals surface area contributed by atoms with E-state index in [0.717, 1.165) is 21.3 Å². The Hall–Kier alpha value is -2.03. The number of aliphatic hydroxyl groups excluding tert-OH is 1. The van der Waals surface area contributed by atoms with Gasteiger partial charge >= 0.3 is 195 Å². The first kappa shape index (κ1) is 22.2. The zero-order chi connectivity index (χ0) is 22.0. The molecular formula is C25H24FIO3S. The molecule has 1 aliphatic rings. The van der Waals surface area contributed by atoms with Crippen molar-refractivity contribution in [3.8, 4) is 11.5 Å². The summed E-state index contributed by atoms with van der Waals surface area (Å²) in [6, 6.07) is 21.0. The van der Waals surface area contributed by atoms with Gasteiger partial charge in [-0.15, -0.1) is 0 Å². The van der Waals surface area contributed by atoms with Gasteiger partial charge in [-0.3, -0.25) is 0 Å². The Morgan fingerprint density at radius 3 is 2.39 bits per heavy atom. The van der Waals surface area contributed by atoms with E-state index in [-0.39, 0.29) is 27.2 Å². The van der Waals surface area contributed by atoms with Gasteiger partial charge in [0.15, 0.2) is 0 Å². The monoisotopic (exact) mass is 550 g/mol. The third kappa shape index (κ3) is 4.91. The first-order valence-electron chi connectivity index (χ1n) is 10.2. The predicted octanol–water partition coefficient (Wildman–Crippen LogP) is 6.52. The van der Waals surface area contributed by atoms with Crippen molar-refractivity contribution in [2.75, 3.05) is 0 Å². The molecule has 0 aliphatic carbocycles. The number of rotatable bonds is 6. The predicted molar refractivity (Wildman–Crippen MR) is 133 cm³/mol. The topological polar surface area (TPSA) is 60.7 Å². The molecule has 1 saturated heterocycles. The summed E-state index contributed by atoms with van der Waals surface area (Å²) < 4.78 is 15.7. The molecule has 3 atom stereocenters. The Bertz CT molecular complexity index is 1060. The molecule has 0 amide bonds. The van der Waals surface area contributed by atoms with Gasteiger partial charge in [0.2, 0.25) is 0 Å². The van der Waals surface area contributed by atoms with Gasteiger partial charge in [0.1, 0.15) is 0 Å². The van der Waals surface area contributed by atoms with Crippen LogP contribution in [0.4, 0.5) is 4.39 Å². The third-order valence-electron chi connectivity index (χ3n) is 5.64. The van der Waals surface area contributed by atoms with Crippen molar-refractivity contribution < 1.29 is 19.7 Å². The first-order valence-corrected chi connectivity index (χ1v) is 14.0. The number of halogens is 2. The molecule has 162 valence electrons. The van der Waals surface area contributed by atoms with E-state index in [4.69, 9.17) is 12.2 Å². The maximum atomic E-state index is 13.2. The number of thiocarbonyl (C=S) groups is 1. The standard InChI is InChI=1S/C25H24FIO3S/c26-18-9-6-16(7-10-18)22(29)13-8-17-14-24(31)27(19-4-2-1-3-5-19)25(17)21-12-11-20(28)15-23(21)30/h1-7,9-12,15,17,22,25,28-30H,8,13-14H2/t17-,22?,25+/m1/s1. The van der Waals surface area contributed by atoms with Crippen LogP contribution in [-0.4, -0.2) is 18.2 Å². The van der Waals surface area contributed by atoms with Crippen LogP contribution in [0.15, 0.2) is 72.8 Å². The summed E-state index contributed by atoms with van der Waals surface area (Å²) in [6.07, 6.45) is 1.39. The van der Waals surface area contributed by atoms with Gasteiger partial charge in [0.25, 0.3) is 0 Å². The minimum absolute atomic E-state index is 0.0326. The summed E-state index contributed by atoms with van der Waals surface area (Å²) in [5, 5.41) is 31.1. The van der Waals surface area contributed by atoms with Gasteiger partial charge < -0.3 is 0 Å². The molecule has 1 unspecified atom stereocenters. The van der Waals surface area contributed by atoms with Crippen molar-refractivity contribution in [2.45, 2.75) is 29.3 Å². The molecule has 31 heavy (non-hydrogen) atoms. The molecule has 3 aromatic carbocycles. The molecule has 3 aromatic rings. The van der Waals surface area contributed by atoms with Crippen LogP contribution < -0.4 is 0 Å². The molecule has 3 N–H and O–H groups in total.